The number of hydrogen-bond acceptors (Lipinski definition) is 6. The molecule has 258 valence electrons. The predicted molar refractivity (Wildman–Crippen MR) is 191 cm³/mol. The van der Waals surface area contributed by atoms with E-state index in [1.54, 1.807) is 26.9 Å². The van der Waals surface area contributed by atoms with Crippen LogP contribution in [0.25, 0.3) is 0 Å². The van der Waals surface area contributed by atoms with Crippen molar-refractivity contribution in [2.75, 3.05) is 47.5 Å². The van der Waals surface area contributed by atoms with Crippen molar-refractivity contribution >= 4 is 34.8 Å². The van der Waals surface area contributed by atoms with Crippen molar-refractivity contribution in [3.63, 3.8) is 0 Å². The van der Waals surface area contributed by atoms with Gasteiger partial charge in [0.15, 0.2) is 0 Å². The van der Waals surface area contributed by atoms with Crippen molar-refractivity contribution in [3.8, 4) is 0 Å². The highest BCUT2D eigenvalue weighted by Crippen LogP contribution is 2.65. The normalized spacial score (nSPS) is 26.4. The lowest BCUT2D eigenvalue weighted by molar-refractivity contribution is -0.150. The van der Waals surface area contributed by atoms with Crippen LogP contribution >= 0.6 is 0 Å². The maximum Gasteiger partial charge on any atom is 0.253 e. The first-order valence-electron chi connectivity index (χ1n) is 17.5. The number of ether oxygens (including phenoxy) is 1. The Morgan fingerprint density at radius 2 is 1.48 bits per heavy atom. The summed E-state index contributed by atoms with van der Waals surface area (Å²) in [4.78, 5) is 52.0. The molecular formula is C39H52N4O5. The number of likely N-dealkylation sites (tertiary alicyclic amines) is 1. The van der Waals surface area contributed by atoms with Crippen LogP contribution in [0.4, 0.5) is 17.1 Å². The van der Waals surface area contributed by atoms with E-state index in [-0.39, 0.29) is 43.3 Å². The fourth-order valence-electron chi connectivity index (χ4n) is 8.55. The van der Waals surface area contributed by atoms with Crippen LogP contribution in [0.1, 0.15) is 53.9 Å². The average Bonchev–Trinajstić information content (AvgIpc) is 3.71. The molecule has 1 spiro atoms. The highest BCUT2D eigenvalue weighted by atomic mass is 16.5. The van der Waals surface area contributed by atoms with Gasteiger partial charge in [0, 0.05) is 43.2 Å². The zero-order chi connectivity index (χ0) is 34.8. The summed E-state index contributed by atoms with van der Waals surface area (Å²) < 4.78 is 7.07. The summed E-state index contributed by atoms with van der Waals surface area (Å²) in [5, 5.41) is 10.7. The lowest BCUT2D eigenvalue weighted by Gasteiger charge is -2.40. The summed E-state index contributed by atoms with van der Waals surface area (Å²) in [7, 11) is 0. The lowest BCUT2D eigenvalue weighted by Crippen LogP contribution is -2.60. The molecule has 5 rings (SSSR count). The van der Waals surface area contributed by atoms with Crippen LogP contribution in [-0.2, 0) is 19.1 Å². The van der Waals surface area contributed by atoms with Gasteiger partial charge in [0.2, 0.25) is 11.8 Å². The summed E-state index contributed by atoms with van der Waals surface area (Å²) in [6.45, 7) is 19.8. The molecule has 3 aliphatic rings. The Labute approximate surface area is 285 Å². The zero-order valence-corrected chi connectivity index (χ0v) is 29.2. The Balaban J connectivity index is 1.63. The van der Waals surface area contributed by atoms with E-state index in [1.165, 1.54) is 0 Å². The zero-order valence-electron chi connectivity index (χ0n) is 29.2. The summed E-state index contributed by atoms with van der Waals surface area (Å²) in [6.07, 6.45) is 4.88. The highest BCUT2D eigenvalue weighted by Gasteiger charge is 2.79. The van der Waals surface area contributed by atoms with Gasteiger partial charge >= 0.3 is 0 Å². The van der Waals surface area contributed by atoms with E-state index in [1.807, 2.05) is 75.4 Å². The Morgan fingerprint density at radius 3 is 2.00 bits per heavy atom. The molecule has 3 heterocycles. The minimum atomic E-state index is -1.23. The third-order valence-corrected chi connectivity index (χ3v) is 10.9. The number of aliphatic hydroxyl groups is 1. The SMILES string of the molecule is C=CCN(C(=O)C1N([C@@H](CO)C(C)C)C(=O)[C@@H]2[C@H](C(=O)N(CC=C)c3ccccc3)[C@]3(CC)CCC12O3)c1ccc(N(CC)CC)cc1. The van der Waals surface area contributed by atoms with Crippen LogP contribution in [0.3, 0.4) is 0 Å². The molecule has 48 heavy (non-hydrogen) atoms. The molecule has 1 N–H and O–H groups in total. The molecule has 3 aliphatic heterocycles. The molecule has 2 bridgehead atoms. The van der Waals surface area contributed by atoms with E-state index < -0.39 is 35.1 Å². The van der Waals surface area contributed by atoms with Crippen LogP contribution in [0.5, 0.6) is 0 Å². The minimum Gasteiger partial charge on any atom is -0.394 e. The number of carbonyl (C=O) groups excluding carboxylic acids is 3. The molecule has 0 aromatic heterocycles. The second-order valence-corrected chi connectivity index (χ2v) is 13.6. The van der Waals surface area contributed by atoms with Gasteiger partial charge in [-0.3, -0.25) is 14.4 Å². The minimum absolute atomic E-state index is 0.154. The van der Waals surface area contributed by atoms with Crippen LogP contribution < -0.4 is 14.7 Å². The Kier molecular flexibility index (Phi) is 10.5. The van der Waals surface area contributed by atoms with Crippen LogP contribution in [-0.4, -0.2) is 83.8 Å². The standard InChI is InChI=1S/C39H52N4O5/c1-8-24-41(29-16-14-13-15-17-29)35(45)32-33-36(46)43(31(26-44)27(6)7)34(39(33)23-22-38(32,10-3)48-39)37(47)42(25-9-2)30-20-18-28(19-21-30)40(11-4)12-5/h8-9,13-21,27,31-34,44H,1-2,10-12,22-26H2,3-7H3/t31-,32+,33-,34?,38-,39?/m0/s1. The number of nitrogens with zero attached hydrogens (tertiary/aromatic N) is 4. The third kappa shape index (κ3) is 5.64. The average molecular weight is 657 g/mol. The highest BCUT2D eigenvalue weighted by molar-refractivity contribution is 6.07. The van der Waals surface area contributed by atoms with Crippen molar-refractivity contribution in [2.45, 2.75) is 77.2 Å². The molecule has 2 aromatic carbocycles. The number of amides is 3. The molecule has 2 unspecified atom stereocenters. The quantitative estimate of drug-likeness (QED) is 0.257. The number of hydrogen-bond donors (Lipinski definition) is 1. The molecular weight excluding hydrogens is 604 g/mol. The van der Waals surface area contributed by atoms with Gasteiger partial charge in [0.1, 0.15) is 11.6 Å². The largest absolute Gasteiger partial charge is 0.394 e. The molecule has 6 atom stereocenters. The van der Waals surface area contributed by atoms with Crippen molar-refractivity contribution < 1.29 is 24.2 Å². The second-order valence-electron chi connectivity index (χ2n) is 13.6. The van der Waals surface area contributed by atoms with Gasteiger partial charge in [-0.25, -0.2) is 0 Å². The summed E-state index contributed by atoms with van der Waals surface area (Å²) >= 11 is 0. The number of anilines is 3. The fourth-order valence-corrected chi connectivity index (χ4v) is 8.55. The van der Waals surface area contributed by atoms with Crippen molar-refractivity contribution in [3.05, 3.63) is 79.9 Å². The Bertz CT molecular complexity index is 1490. The number of aliphatic hydroxyl groups excluding tert-OH is 1. The van der Waals surface area contributed by atoms with Crippen molar-refractivity contribution in [2.24, 2.45) is 17.8 Å². The summed E-state index contributed by atoms with van der Waals surface area (Å²) in [6, 6.07) is 15.6. The molecule has 0 saturated carbocycles. The third-order valence-electron chi connectivity index (χ3n) is 10.9. The fraction of sp³-hybridized carbons (Fsp3) is 0.513. The Hall–Kier alpha value is -3.95. The van der Waals surface area contributed by atoms with Crippen molar-refractivity contribution in [1.82, 2.24) is 4.90 Å². The van der Waals surface area contributed by atoms with Gasteiger partial charge in [-0.05, 0) is 75.4 Å². The van der Waals surface area contributed by atoms with Crippen LogP contribution in [0, 0.1) is 17.8 Å². The first-order valence-corrected chi connectivity index (χ1v) is 17.5. The van der Waals surface area contributed by atoms with E-state index >= 15 is 4.79 Å². The van der Waals surface area contributed by atoms with Gasteiger partial charge in [0.05, 0.1) is 30.1 Å². The van der Waals surface area contributed by atoms with Crippen LogP contribution in [0.15, 0.2) is 79.9 Å². The van der Waals surface area contributed by atoms with Crippen LogP contribution in [0.2, 0.25) is 0 Å². The van der Waals surface area contributed by atoms with Gasteiger partial charge in [-0.2, -0.15) is 0 Å². The van der Waals surface area contributed by atoms with E-state index in [2.05, 4.69) is 31.9 Å². The van der Waals surface area contributed by atoms with E-state index in [0.717, 1.165) is 18.8 Å². The number of fused-ring (bicyclic) bond motifs is 1. The molecule has 3 saturated heterocycles. The summed E-state index contributed by atoms with van der Waals surface area (Å²) in [5.41, 5.74) is 0.306. The molecule has 3 fully saturated rings. The maximum atomic E-state index is 15.1. The van der Waals surface area contributed by atoms with Gasteiger partial charge in [-0.1, -0.05) is 51.1 Å². The maximum absolute atomic E-state index is 15.1. The van der Waals surface area contributed by atoms with Crippen molar-refractivity contribution in [1.29, 1.82) is 0 Å². The van der Waals surface area contributed by atoms with Gasteiger partial charge in [0.25, 0.3) is 5.91 Å². The number of rotatable bonds is 15. The monoisotopic (exact) mass is 656 g/mol. The van der Waals surface area contributed by atoms with Gasteiger partial charge < -0.3 is 29.4 Å². The second kappa shape index (κ2) is 14.3. The molecule has 9 nitrogen and oxygen atoms in total. The van der Waals surface area contributed by atoms with E-state index in [0.29, 0.717) is 30.6 Å². The smallest absolute Gasteiger partial charge is 0.253 e. The van der Waals surface area contributed by atoms with Gasteiger partial charge in [-0.15, -0.1) is 13.2 Å². The molecule has 2 aromatic rings. The molecule has 3 amide bonds. The Morgan fingerprint density at radius 1 is 0.917 bits per heavy atom. The molecule has 0 aliphatic carbocycles. The topological polar surface area (TPSA) is 93.6 Å². The first-order chi connectivity index (χ1) is 23.1. The first kappa shape index (κ1) is 35.4. The molecule has 0 radical (unpaired) electrons. The predicted octanol–water partition coefficient (Wildman–Crippen LogP) is 5.44. The number of carbonyl (C=O) groups is 3. The number of benzene rings is 2. The summed E-state index contributed by atoms with van der Waals surface area (Å²) in [5.74, 6) is -2.67. The van der Waals surface area contributed by atoms with E-state index in [9.17, 15) is 14.7 Å². The number of para-hydroxylation sites is 1. The van der Waals surface area contributed by atoms with E-state index in [4.69, 9.17) is 4.74 Å². The molecule has 9 heteroatoms. The lowest BCUT2D eigenvalue weighted by atomic mass is 9.64.